The highest BCUT2D eigenvalue weighted by Crippen LogP contribution is 2.22. The summed E-state index contributed by atoms with van der Waals surface area (Å²) in [6.45, 7) is 3.74. The standard InChI is InChI=1S/C11H19NO3/c1-14-11(13)10-3-2-5-12(10)7-9-4-6-15-8-9/h9-10H,2-8H2,1H3. The molecule has 2 aliphatic rings. The Kier molecular flexibility index (Phi) is 3.59. The highest BCUT2D eigenvalue weighted by atomic mass is 16.5. The van der Waals surface area contributed by atoms with Gasteiger partial charge in [-0.2, -0.15) is 0 Å². The molecule has 0 aromatic carbocycles. The monoisotopic (exact) mass is 213 g/mol. The van der Waals surface area contributed by atoms with Crippen LogP contribution in [0.1, 0.15) is 19.3 Å². The Morgan fingerprint density at radius 2 is 2.40 bits per heavy atom. The molecule has 2 saturated heterocycles. The molecule has 2 rings (SSSR count). The van der Waals surface area contributed by atoms with Crippen molar-refractivity contribution in [3.8, 4) is 0 Å². The van der Waals surface area contributed by atoms with Gasteiger partial charge in [0.1, 0.15) is 6.04 Å². The molecule has 2 heterocycles. The van der Waals surface area contributed by atoms with Crippen LogP contribution in [0, 0.1) is 5.92 Å². The van der Waals surface area contributed by atoms with Gasteiger partial charge in [0.25, 0.3) is 0 Å². The largest absolute Gasteiger partial charge is 0.468 e. The third-order valence-electron chi connectivity index (χ3n) is 3.35. The maximum atomic E-state index is 11.5. The second-order valence-electron chi connectivity index (χ2n) is 4.41. The van der Waals surface area contributed by atoms with E-state index >= 15 is 0 Å². The van der Waals surface area contributed by atoms with Gasteiger partial charge < -0.3 is 9.47 Å². The Hall–Kier alpha value is -0.610. The van der Waals surface area contributed by atoms with Crippen molar-refractivity contribution in [3.63, 3.8) is 0 Å². The zero-order valence-corrected chi connectivity index (χ0v) is 9.28. The van der Waals surface area contributed by atoms with E-state index in [1.807, 2.05) is 0 Å². The first kappa shape index (κ1) is 10.9. The zero-order valence-electron chi connectivity index (χ0n) is 9.28. The Morgan fingerprint density at radius 3 is 3.07 bits per heavy atom. The van der Waals surface area contributed by atoms with Gasteiger partial charge in [0.15, 0.2) is 0 Å². The molecular weight excluding hydrogens is 194 g/mol. The van der Waals surface area contributed by atoms with E-state index in [1.54, 1.807) is 0 Å². The van der Waals surface area contributed by atoms with Gasteiger partial charge in [0.2, 0.25) is 0 Å². The van der Waals surface area contributed by atoms with E-state index in [-0.39, 0.29) is 12.0 Å². The van der Waals surface area contributed by atoms with Gasteiger partial charge in [0.05, 0.1) is 13.7 Å². The summed E-state index contributed by atoms with van der Waals surface area (Å²) in [5.74, 6) is 0.529. The van der Waals surface area contributed by atoms with Gasteiger partial charge in [-0.1, -0.05) is 0 Å². The van der Waals surface area contributed by atoms with Crippen LogP contribution in [0.2, 0.25) is 0 Å². The van der Waals surface area contributed by atoms with Gasteiger partial charge in [0, 0.05) is 13.2 Å². The summed E-state index contributed by atoms with van der Waals surface area (Å²) in [6, 6.07) is -0.00407. The van der Waals surface area contributed by atoms with E-state index in [0.29, 0.717) is 5.92 Å². The molecule has 4 nitrogen and oxygen atoms in total. The molecule has 2 unspecified atom stereocenters. The predicted octanol–water partition coefficient (Wildman–Crippen LogP) is 0.660. The van der Waals surface area contributed by atoms with Crippen molar-refractivity contribution in [2.24, 2.45) is 5.92 Å². The molecule has 0 spiro atoms. The van der Waals surface area contributed by atoms with Crippen LogP contribution in [0.25, 0.3) is 0 Å². The van der Waals surface area contributed by atoms with E-state index in [2.05, 4.69) is 4.90 Å². The highest BCUT2D eigenvalue weighted by Gasteiger charge is 2.33. The molecule has 4 heteroatoms. The minimum absolute atomic E-state index is 0.00407. The Labute approximate surface area is 90.5 Å². The third kappa shape index (κ3) is 2.49. The van der Waals surface area contributed by atoms with Crippen LogP contribution in [-0.2, 0) is 14.3 Å². The lowest BCUT2D eigenvalue weighted by molar-refractivity contribution is -0.146. The first-order valence-electron chi connectivity index (χ1n) is 5.71. The molecule has 0 aromatic rings. The topological polar surface area (TPSA) is 38.8 Å². The summed E-state index contributed by atoms with van der Waals surface area (Å²) in [5, 5.41) is 0. The molecule has 2 aliphatic heterocycles. The van der Waals surface area contributed by atoms with E-state index in [0.717, 1.165) is 45.6 Å². The summed E-state index contributed by atoms with van der Waals surface area (Å²) in [6.07, 6.45) is 3.18. The summed E-state index contributed by atoms with van der Waals surface area (Å²) in [4.78, 5) is 13.8. The number of carbonyl (C=O) groups is 1. The lowest BCUT2D eigenvalue weighted by Gasteiger charge is -2.24. The van der Waals surface area contributed by atoms with Gasteiger partial charge in [-0.3, -0.25) is 9.69 Å². The minimum atomic E-state index is -0.0774. The number of methoxy groups -OCH3 is 1. The quantitative estimate of drug-likeness (QED) is 0.646. The maximum absolute atomic E-state index is 11.5. The van der Waals surface area contributed by atoms with Crippen LogP contribution < -0.4 is 0 Å². The van der Waals surface area contributed by atoms with Gasteiger partial charge in [-0.05, 0) is 31.7 Å². The summed E-state index contributed by atoms with van der Waals surface area (Å²) in [5.41, 5.74) is 0. The van der Waals surface area contributed by atoms with Gasteiger partial charge >= 0.3 is 5.97 Å². The second kappa shape index (κ2) is 4.94. The number of nitrogens with zero attached hydrogens (tertiary/aromatic N) is 1. The number of ether oxygens (including phenoxy) is 2. The molecule has 15 heavy (non-hydrogen) atoms. The Morgan fingerprint density at radius 1 is 1.53 bits per heavy atom. The molecular formula is C11H19NO3. The summed E-state index contributed by atoms with van der Waals surface area (Å²) < 4.78 is 10.2. The van der Waals surface area contributed by atoms with Crippen molar-refractivity contribution < 1.29 is 14.3 Å². The van der Waals surface area contributed by atoms with Crippen molar-refractivity contribution in [1.29, 1.82) is 0 Å². The molecule has 86 valence electrons. The second-order valence-corrected chi connectivity index (χ2v) is 4.41. The molecule has 2 atom stereocenters. The average Bonchev–Trinajstić information content (AvgIpc) is 2.88. The van der Waals surface area contributed by atoms with E-state index in [1.165, 1.54) is 7.11 Å². The number of hydrogen-bond donors (Lipinski definition) is 0. The normalized spacial score (nSPS) is 32.1. The number of esters is 1. The summed E-state index contributed by atoms with van der Waals surface area (Å²) in [7, 11) is 1.47. The molecule has 2 fully saturated rings. The molecule has 0 bridgehead atoms. The van der Waals surface area contributed by atoms with Crippen molar-refractivity contribution in [2.45, 2.75) is 25.3 Å². The predicted molar refractivity (Wildman–Crippen MR) is 55.5 cm³/mol. The fourth-order valence-corrected chi connectivity index (χ4v) is 2.51. The smallest absolute Gasteiger partial charge is 0.323 e. The van der Waals surface area contributed by atoms with Crippen LogP contribution in [0.15, 0.2) is 0 Å². The Bertz CT molecular complexity index is 226. The summed E-state index contributed by atoms with van der Waals surface area (Å²) >= 11 is 0. The van der Waals surface area contributed by atoms with E-state index in [9.17, 15) is 4.79 Å². The number of carbonyl (C=O) groups excluding carboxylic acids is 1. The maximum Gasteiger partial charge on any atom is 0.323 e. The van der Waals surface area contributed by atoms with E-state index in [4.69, 9.17) is 9.47 Å². The minimum Gasteiger partial charge on any atom is -0.468 e. The molecule has 0 saturated carbocycles. The average molecular weight is 213 g/mol. The van der Waals surface area contributed by atoms with E-state index < -0.39 is 0 Å². The number of likely N-dealkylation sites (tertiary alicyclic amines) is 1. The lowest BCUT2D eigenvalue weighted by atomic mass is 10.1. The SMILES string of the molecule is COC(=O)C1CCCN1CC1CCOC1. The van der Waals surface area contributed by atoms with Crippen molar-refractivity contribution >= 4 is 5.97 Å². The van der Waals surface area contributed by atoms with Crippen molar-refractivity contribution in [3.05, 3.63) is 0 Å². The highest BCUT2D eigenvalue weighted by molar-refractivity contribution is 5.75. The Balaban J connectivity index is 1.86. The third-order valence-corrected chi connectivity index (χ3v) is 3.35. The van der Waals surface area contributed by atoms with Crippen molar-refractivity contribution in [1.82, 2.24) is 4.90 Å². The molecule has 0 aromatic heterocycles. The fourth-order valence-electron chi connectivity index (χ4n) is 2.51. The van der Waals surface area contributed by atoms with Gasteiger partial charge in [-0.15, -0.1) is 0 Å². The molecule has 0 amide bonds. The van der Waals surface area contributed by atoms with Crippen LogP contribution in [-0.4, -0.2) is 50.3 Å². The lowest BCUT2D eigenvalue weighted by Crippen LogP contribution is -2.39. The zero-order chi connectivity index (χ0) is 10.7. The number of rotatable bonds is 3. The van der Waals surface area contributed by atoms with Crippen LogP contribution in [0.3, 0.4) is 0 Å². The van der Waals surface area contributed by atoms with Crippen molar-refractivity contribution in [2.75, 3.05) is 33.4 Å². The van der Waals surface area contributed by atoms with Gasteiger partial charge in [-0.25, -0.2) is 0 Å². The van der Waals surface area contributed by atoms with Crippen LogP contribution in [0.4, 0.5) is 0 Å². The first-order valence-corrected chi connectivity index (χ1v) is 5.71. The fraction of sp³-hybridized carbons (Fsp3) is 0.909. The van der Waals surface area contributed by atoms with Crippen LogP contribution >= 0.6 is 0 Å². The van der Waals surface area contributed by atoms with Crippen LogP contribution in [0.5, 0.6) is 0 Å². The molecule has 0 radical (unpaired) electrons. The first-order chi connectivity index (χ1) is 7.31. The molecule has 0 aliphatic carbocycles. The number of hydrogen-bond acceptors (Lipinski definition) is 4. The molecule has 0 N–H and O–H groups in total.